The van der Waals surface area contributed by atoms with Gasteiger partial charge in [-0.15, -0.1) is 0 Å². The van der Waals surface area contributed by atoms with Crippen LogP contribution >= 0.6 is 0 Å². The van der Waals surface area contributed by atoms with Crippen molar-refractivity contribution in [1.29, 1.82) is 0 Å². The maximum Gasteiger partial charge on any atom is 0.407 e. The Labute approximate surface area is 325 Å². The van der Waals surface area contributed by atoms with Crippen molar-refractivity contribution >= 4 is 33.6 Å². The monoisotopic (exact) mass is 766 g/mol. The van der Waals surface area contributed by atoms with E-state index in [2.05, 4.69) is 10.2 Å². The minimum Gasteiger partial charge on any atom is -0.467 e. The van der Waals surface area contributed by atoms with Gasteiger partial charge in [0.1, 0.15) is 35.6 Å². The summed E-state index contributed by atoms with van der Waals surface area (Å²) in [4.78, 5) is 31.8. The number of alkyl carbamates (subject to hydrolysis) is 1. The van der Waals surface area contributed by atoms with Gasteiger partial charge in [0.05, 0.1) is 29.7 Å². The Hall–Kier alpha value is -5.14. The van der Waals surface area contributed by atoms with Crippen LogP contribution in [-0.4, -0.2) is 89.4 Å². The molecular formula is C43H48F2N6O5. The average molecular weight is 767 g/mol. The molecule has 6 bridgehead atoms. The maximum atomic E-state index is 17.5. The molecule has 0 spiro atoms. The normalized spacial score (nSPS) is 23.9. The average Bonchev–Trinajstić information content (AvgIpc) is 3.72. The van der Waals surface area contributed by atoms with E-state index in [1.165, 1.54) is 0 Å². The van der Waals surface area contributed by atoms with Crippen molar-refractivity contribution in [2.24, 2.45) is 0 Å². The SMILES string of the molecule is C[C@@]12CCCN(C1)c1nc(OC[C@@]34CCCN3C[C@H](F)C4)nc3c(F)c(ncc13)-c1cc(OCOCc3ccccc3)cc3cccc(c13)CCCOC(=O)N2.[HH]. The molecule has 3 atom stereocenters. The van der Waals surface area contributed by atoms with Crippen molar-refractivity contribution in [3.8, 4) is 23.0 Å². The molecule has 3 aromatic carbocycles. The van der Waals surface area contributed by atoms with E-state index < -0.39 is 29.2 Å². The van der Waals surface area contributed by atoms with E-state index in [0.717, 1.165) is 54.1 Å². The molecule has 0 radical (unpaired) electrons. The number of hydrogen-bond donors (Lipinski definition) is 1. The van der Waals surface area contributed by atoms with E-state index in [9.17, 15) is 9.18 Å². The zero-order chi connectivity index (χ0) is 38.3. The van der Waals surface area contributed by atoms with Gasteiger partial charge in [0.25, 0.3) is 0 Å². The number of anilines is 1. The molecule has 294 valence electrons. The van der Waals surface area contributed by atoms with Crippen LogP contribution in [0.25, 0.3) is 32.9 Å². The first-order valence-corrected chi connectivity index (χ1v) is 19.6. The highest BCUT2D eigenvalue weighted by Gasteiger charge is 2.49. The van der Waals surface area contributed by atoms with Gasteiger partial charge >= 0.3 is 12.1 Å². The topological polar surface area (TPSA) is 111 Å². The summed E-state index contributed by atoms with van der Waals surface area (Å²) < 4.78 is 56.2. The second-order valence-electron chi connectivity index (χ2n) is 15.9. The van der Waals surface area contributed by atoms with Crippen LogP contribution in [0.2, 0.25) is 0 Å². The highest BCUT2D eigenvalue weighted by Crippen LogP contribution is 2.42. The van der Waals surface area contributed by atoms with E-state index >= 15 is 4.39 Å². The number of pyridine rings is 1. The number of ether oxygens (including phenoxy) is 4. The molecule has 5 aliphatic rings. The number of rotatable bonds is 8. The first-order valence-electron chi connectivity index (χ1n) is 19.6. The van der Waals surface area contributed by atoms with Crippen LogP contribution in [0.5, 0.6) is 11.8 Å². The van der Waals surface area contributed by atoms with Crippen LogP contribution in [0.3, 0.4) is 0 Å². The molecule has 7 heterocycles. The second-order valence-corrected chi connectivity index (χ2v) is 15.9. The van der Waals surface area contributed by atoms with E-state index in [4.69, 9.17) is 33.9 Å². The van der Waals surface area contributed by atoms with Crippen LogP contribution in [-0.2, 0) is 22.5 Å². The number of piperidine rings is 1. The summed E-state index contributed by atoms with van der Waals surface area (Å²) in [7, 11) is 0. The molecule has 10 rings (SSSR count). The first-order chi connectivity index (χ1) is 27.3. The minimum atomic E-state index is -0.922. The van der Waals surface area contributed by atoms with Gasteiger partial charge in [0.2, 0.25) is 0 Å². The highest BCUT2D eigenvalue weighted by molar-refractivity contribution is 6.01. The van der Waals surface area contributed by atoms with Gasteiger partial charge in [-0.25, -0.2) is 13.6 Å². The number of aryl methyl sites for hydroxylation is 1. The Morgan fingerprint density at radius 3 is 2.80 bits per heavy atom. The Kier molecular flexibility index (Phi) is 9.82. The standard InChI is InChI=1S/C43H46F2N6O5.H2/c1-42-14-7-16-50(25-42)39-34-22-46-37(36(45)38(34)47-40(48-39)55-26-43-15-8-17-51(43)23-31(44)21-43)33-20-32(56-27-53-24-28-9-3-2-4-10-28)19-30-12-5-11-29(35(30)33)13-6-18-54-41(52)49-42;/h2-5,9-12,19-20,22,31H,6-8,13-18,21,23-27H2,1H3,(H,49,52);1H/t31-,42-,43+;/m1./s1. The maximum absolute atomic E-state index is 17.5. The van der Waals surface area contributed by atoms with Gasteiger partial charge < -0.3 is 29.2 Å². The van der Waals surface area contributed by atoms with Crippen molar-refractivity contribution in [2.45, 2.75) is 75.7 Å². The van der Waals surface area contributed by atoms with E-state index in [1.807, 2.05) is 66.4 Å². The summed E-state index contributed by atoms with van der Waals surface area (Å²) >= 11 is 0. The summed E-state index contributed by atoms with van der Waals surface area (Å²) in [5.74, 6) is 0.339. The predicted molar refractivity (Wildman–Crippen MR) is 210 cm³/mol. The molecule has 2 aromatic heterocycles. The molecule has 3 saturated heterocycles. The lowest BCUT2D eigenvalue weighted by atomic mass is 9.91. The van der Waals surface area contributed by atoms with Crippen LogP contribution in [0, 0.1) is 5.82 Å². The van der Waals surface area contributed by atoms with Crippen molar-refractivity contribution in [3.05, 3.63) is 83.8 Å². The van der Waals surface area contributed by atoms with Crippen LogP contribution in [0.4, 0.5) is 19.4 Å². The molecule has 11 nitrogen and oxygen atoms in total. The third-order valence-corrected chi connectivity index (χ3v) is 11.8. The van der Waals surface area contributed by atoms with Crippen LogP contribution in [0.15, 0.2) is 66.9 Å². The fourth-order valence-electron chi connectivity index (χ4n) is 9.19. The van der Waals surface area contributed by atoms with Crippen molar-refractivity contribution in [3.63, 3.8) is 0 Å². The number of alkyl halides is 1. The number of aromatic nitrogens is 3. The number of carbonyl (C=O) groups excluding carboxylic acids is 1. The third-order valence-electron chi connectivity index (χ3n) is 11.8. The van der Waals surface area contributed by atoms with Crippen LogP contribution in [0.1, 0.15) is 58.0 Å². The number of benzene rings is 3. The molecule has 3 fully saturated rings. The molecule has 5 aliphatic heterocycles. The van der Waals surface area contributed by atoms with Gasteiger partial charge in [-0.1, -0.05) is 48.5 Å². The molecule has 0 unspecified atom stereocenters. The number of amides is 1. The van der Waals surface area contributed by atoms with Gasteiger partial charge in [-0.3, -0.25) is 9.88 Å². The first kappa shape index (κ1) is 36.5. The summed E-state index contributed by atoms with van der Waals surface area (Å²) in [6, 6.07) is 19.5. The molecule has 1 N–H and O–H groups in total. The molecule has 0 aliphatic carbocycles. The van der Waals surface area contributed by atoms with Gasteiger partial charge in [-0.2, -0.15) is 9.97 Å². The molecule has 13 heteroatoms. The van der Waals surface area contributed by atoms with Gasteiger partial charge in [-0.05, 0) is 86.0 Å². The Balaban J connectivity index is 0.00000455. The number of nitrogens with zero attached hydrogens (tertiary/aromatic N) is 5. The number of halogens is 2. The van der Waals surface area contributed by atoms with Crippen molar-refractivity contribution in [1.82, 2.24) is 25.2 Å². The van der Waals surface area contributed by atoms with Gasteiger partial charge in [0.15, 0.2) is 12.6 Å². The Morgan fingerprint density at radius 2 is 1.91 bits per heavy atom. The number of carbonyl (C=O) groups is 1. The molecule has 0 saturated carbocycles. The van der Waals surface area contributed by atoms with E-state index in [-0.39, 0.29) is 38.7 Å². The Morgan fingerprint density at radius 1 is 1.04 bits per heavy atom. The Bertz CT molecular complexity index is 2270. The summed E-state index contributed by atoms with van der Waals surface area (Å²) in [6.45, 7) is 4.97. The van der Waals surface area contributed by atoms with E-state index in [1.54, 1.807) is 12.3 Å². The number of nitrogens with one attached hydrogen (secondary N) is 1. The lowest BCUT2D eigenvalue weighted by Gasteiger charge is -2.41. The molecule has 1 amide bonds. The van der Waals surface area contributed by atoms with Crippen LogP contribution < -0.4 is 19.7 Å². The van der Waals surface area contributed by atoms with Gasteiger partial charge in [0, 0.05) is 39.2 Å². The van der Waals surface area contributed by atoms with Crippen molar-refractivity contribution in [2.75, 3.05) is 51.1 Å². The predicted octanol–water partition coefficient (Wildman–Crippen LogP) is 7.77. The smallest absolute Gasteiger partial charge is 0.407 e. The lowest BCUT2D eigenvalue weighted by Crippen LogP contribution is -2.57. The second kappa shape index (κ2) is 15.1. The highest BCUT2D eigenvalue weighted by atomic mass is 19.1. The summed E-state index contributed by atoms with van der Waals surface area (Å²) in [5.41, 5.74) is 1.60. The number of hydrogen-bond acceptors (Lipinski definition) is 10. The quantitative estimate of drug-likeness (QED) is 0.124. The fraction of sp³-hybridized carbons (Fsp3) is 0.442. The molecular weight excluding hydrogens is 719 g/mol. The van der Waals surface area contributed by atoms with E-state index in [0.29, 0.717) is 68.0 Å². The zero-order valence-electron chi connectivity index (χ0n) is 31.6. The third kappa shape index (κ3) is 7.18. The van der Waals surface area contributed by atoms with Crippen molar-refractivity contribution < 1.29 is 33.9 Å². The largest absolute Gasteiger partial charge is 0.467 e. The lowest BCUT2D eigenvalue weighted by molar-refractivity contribution is 0.00514. The molecule has 5 aromatic rings. The summed E-state index contributed by atoms with van der Waals surface area (Å²) in [5, 5.41) is 5.17. The minimum absolute atomic E-state index is 0. The molecule has 56 heavy (non-hydrogen) atoms. The fourth-order valence-corrected chi connectivity index (χ4v) is 9.19. The summed E-state index contributed by atoms with van der Waals surface area (Å²) in [6.07, 6.45) is 4.99. The zero-order valence-corrected chi connectivity index (χ0v) is 31.6. The number of fused-ring (bicyclic) bond motifs is 7.